The molecule has 1 N–H and O–H groups in total. The Bertz CT molecular complexity index is 544. The van der Waals surface area contributed by atoms with Gasteiger partial charge in [-0.1, -0.05) is 42.0 Å². The average molecular weight is 256 g/mol. The normalized spacial score (nSPS) is 12.2. The molecule has 0 bridgehead atoms. The lowest BCUT2D eigenvalue weighted by molar-refractivity contribution is 0.174. The summed E-state index contributed by atoms with van der Waals surface area (Å²) in [7, 11) is 1.64. The highest BCUT2D eigenvalue weighted by molar-refractivity contribution is 5.39. The van der Waals surface area contributed by atoms with Crippen molar-refractivity contribution in [3.8, 4) is 5.75 Å². The van der Waals surface area contributed by atoms with Crippen LogP contribution in [0.15, 0.2) is 42.5 Å². The van der Waals surface area contributed by atoms with Crippen molar-refractivity contribution in [2.45, 2.75) is 26.4 Å². The highest BCUT2D eigenvalue weighted by Gasteiger charge is 2.13. The highest BCUT2D eigenvalue weighted by Crippen LogP contribution is 2.28. The average Bonchev–Trinajstić information content (AvgIpc) is 2.41. The predicted molar refractivity (Wildman–Crippen MR) is 77.6 cm³/mol. The van der Waals surface area contributed by atoms with Gasteiger partial charge in [0, 0.05) is 12.0 Å². The Labute approximate surface area is 114 Å². The van der Waals surface area contributed by atoms with Crippen LogP contribution in [0.5, 0.6) is 5.75 Å². The lowest BCUT2D eigenvalue weighted by Crippen LogP contribution is -2.04. The van der Waals surface area contributed by atoms with Crippen LogP contribution in [0.3, 0.4) is 0 Å². The van der Waals surface area contributed by atoms with E-state index in [1.54, 1.807) is 7.11 Å². The fourth-order valence-corrected chi connectivity index (χ4v) is 2.15. The maximum atomic E-state index is 10.4. The molecule has 0 spiro atoms. The molecule has 2 aromatic rings. The molecule has 2 heteroatoms. The van der Waals surface area contributed by atoms with Crippen LogP contribution >= 0.6 is 0 Å². The summed E-state index contributed by atoms with van der Waals surface area (Å²) >= 11 is 0. The summed E-state index contributed by atoms with van der Waals surface area (Å²) in [5.74, 6) is 0.750. The summed E-state index contributed by atoms with van der Waals surface area (Å²) in [6.45, 7) is 4.07. The Kier molecular flexibility index (Phi) is 4.23. The van der Waals surface area contributed by atoms with Crippen LogP contribution < -0.4 is 4.74 Å². The maximum absolute atomic E-state index is 10.4. The van der Waals surface area contributed by atoms with Gasteiger partial charge in [-0.25, -0.2) is 0 Å². The molecule has 2 rings (SSSR count). The van der Waals surface area contributed by atoms with Gasteiger partial charge in [0.05, 0.1) is 13.2 Å². The molecule has 2 aromatic carbocycles. The van der Waals surface area contributed by atoms with Crippen LogP contribution in [-0.2, 0) is 6.42 Å². The Balaban J connectivity index is 2.19. The number of hydrogen-bond acceptors (Lipinski definition) is 2. The first-order valence-corrected chi connectivity index (χ1v) is 6.48. The molecule has 1 atom stereocenters. The van der Waals surface area contributed by atoms with Gasteiger partial charge in [-0.15, -0.1) is 0 Å². The number of methoxy groups -OCH3 is 1. The lowest BCUT2D eigenvalue weighted by atomic mass is 9.99. The van der Waals surface area contributed by atoms with Gasteiger partial charge >= 0.3 is 0 Å². The van der Waals surface area contributed by atoms with E-state index >= 15 is 0 Å². The zero-order chi connectivity index (χ0) is 13.8. The van der Waals surface area contributed by atoms with E-state index in [1.807, 2.05) is 25.1 Å². The Morgan fingerprint density at radius 1 is 1.00 bits per heavy atom. The molecule has 0 aliphatic rings. The number of benzene rings is 2. The maximum Gasteiger partial charge on any atom is 0.124 e. The molecule has 100 valence electrons. The summed E-state index contributed by atoms with van der Waals surface area (Å²) in [6.07, 6.45) is 0.0536. The van der Waals surface area contributed by atoms with E-state index in [0.717, 1.165) is 22.4 Å². The third-order valence-corrected chi connectivity index (χ3v) is 3.30. The van der Waals surface area contributed by atoms with E-state index in [-0.39, 0.29) is 0 Å². The Morgan fingerprint density at radius 2 is 1.63 bits per heavy atom. The zero-order valence-corrected chi connectivity index (χ0v) is 11.7. The quantitative estimate of drug-likeness (QED) is 0.906. The van der Waals surface area contributed by atoms with Gasteiger partial charge in [-0.3, -0.25) is 0 Å². The standard InChI is InChI=1S/C17H20O2/c1-12-4-7-14(8-5-12)11-16(18)15-9-6-13(2)10-17(15)19-3/h4-10,16,18H,11H2,1-3H3. The van der Waals surface area contributed by atoms with E-state index < -0.39 is 6.10 Å². The Hall–Kier alpha value is -1.80. The number of aliphatic hydroxyl groups excluding tert-OH is 1. The molecule has 0 heterocycles. The van der Waals surface area contributed by atoms with Crippen molar-refractivity contribution < 1.29 is 9.84 Å². The molecular formula is C17H20O2. The van der Waals surface area contributed by atoms with Gasteiger partial charge in [-0.2, -0.15) is 0 Å². The third-order valence-electron chi connectivity index (χ3n) is 3.30. The second-order valence-corrected chi connectivity index (χ2v) is 4.95. The van der Waals surface area contributed by atoms with E-state index in [2.05, 4.69) is 31.2 Å². The van der Waals surface area contributed by atoms with Crippen LogP contribution in [0.2, 0.25) is 0 Å². The molecular weight excluding hydrogens is 236 g/mol. The smallest absolute Gasteiger partial charge is 0.124 e. The first kappa shape index (κ1) is 13.6. The van der Waals surface area contributed by atoms with E-state index in [9.17, 15) is 5.11 Å². The van der Waals surface area contributed by atoms with Crippen molar-refractivity contribution in [2.75, 3.05) is 7.11 Å². The summed E-state index contributed by atoms with van der Waals surface area (Å²) in [6, 6.07) is 14.1. The molecule has 19 heavy (non-hydrogen) atoms. The summed E-state index contributed by atoms with van der Waals surface area (Å²) in [5, 5.41) is 10.4. The van der Waals surface area contributed by atoms with Crippen LogP contribution in [0.1, 0.15) is 28.4 Å². The lowest BCUT2D eigenvalue weighted by Gasteiger charge is -2.15. The second kappa shape index (κ2) is 5.89. The van der Waals surface area contributed by atoms with Gasteiger partial charge in [-0.05, 0) is 31.0 Å². The van der Waals surface area contributed by atoms with E-state index in [0.29, 0.717) is 6.42 Å². The predicted octanol–water partition coefficient (Wildman–Crippen LogP) is 3.59. The van der Waals surface area contributed by atoms with Crippen molar-refractivity contribution >= 4 is 0 Å². The fraction of sp³-hybridized carbons (Fsp3) is 0.294. The molecule has 0 fully saturated rings. The molecule has 0 saturated carbocycles. The van der Waals surface area contributed by atoms with Gasteiger partial charge in [0.1, 0.15) is 5.75 Å². The molecule has 0 aliphatic heterocycles. The van der Waals surface area contributed by atoms with Crippen LogP contribution in [0.4, 0.5) is 0 Å². The number of aliphatic hydroxyl groups is 1. The van der Waals surface area contributed by atoms with Crippen LogP contribution in [0.25, 0.3) is 0 Å². The topological polar surface area (TPSA) is 29.5 Å². The minimum Gasteiger partial charge on any atom is -0.496 e. The zero-order valence-electron chi connectivity index (χ0n) is 11.7. The summed E-state index contributed by atoms with van der Waals surface area (Å²) in [4.78, 5) is 0. The van der Waals surface area contributed by atoms with E-state index in [1.165, 1.54) is 5.56 Å². The minimum absolute atomic E-state index is 0.543. The third kappa shape index (κ3) is 3.36. The molecule has 0 aliphatic carbocycles. The monoisotopic (exact) mass is 256 g/mol. The van der Waals surface area contributed by atoms with Crippen molar-refractivity contribution in [3.63, 3.8) is 0 Å². The molecule has 0 radical (unpaired) electrons. The molecule has 0 saturated heterocycles. The Morgan fingerprint density at radius 3 is 2.26 bits per heavy atom. The summed E-state index contributed by atoms with van der Waals surface area (Å²) < 4.78 is 5.34. The largest absolute Gasteiger partial charge is 0.496 e. The molecule has 1 unspecified atom stereocenters. The fourth-order valence-electron chi connectivity index (χ4n) is 2.15. The SMILES string of the molecule is COc1cc(C)ccc1C(O)Cc1ccc(C)cc1. The van der Waals surface area contributed by atoms with Gasteiger partial charge < -0.3 is 9.84 Å². The van der Waals surface area contributed by atoms with Gasteiger partial charge in [0.15, 0.2) is 0 Å². The van der Waals surface area contributed by atoms with Crippen LogP contribution in [0, 0.1) is 13.8 Å². The van der Waals surface area contributed by atoms with Crippen molar-refractivity contribution in [1.82, 2.24) is 0 Å². The molecule has 0 aromatic heterocycles. The van der Waals surface area contributed by atoms with Crippen LogP contribution in [-0.4, -0.2) is 12.2 Å². The number of hydrogen-bond donors (Lipinski definition) is 1. The van der Waals surface area contributed by atoms with E-state index in [4.69, 9.17) is 4.74 Å². The second-order valence-electron chi connectivity index (χ2n) is 4.95. The number of ether oxygens (including phenoxy) is 1. The van der Waals surface area contributed by atoms with Crippen molar-refractivity contribution in [2.24, 2.45) is 0 Å². The van der Waals surface area contributed by atoms with Gasteiger partial charge in [0.25, 0.3) is 0 Å². The van der Waals surface area contributed by atoms with Crippen molar-refractivity contribution in [1.29, 1.82) is 0 Å². The molecule has 0 amide bonds. The number of aryl methyl sites for hydroxylation is 2. The minimum atomic E-state index is -0.543. The number of rotatable bonds is 4. The van der Waals surface area contributed by atoms with Gasteiger partial charge in [0.2, 0.25) is 0 Å². The highest BCUT2D eigenvalue weighted by atomic mass is 16.5. The molecule has 2 nitrogen and oxygen atoms in total. The first-order valence-electron chi connectivity index (χ1n) is 6.48. The first-order chi connectivity index (χ1) is 9.10. The summed E-state index contributed by atoms with van der Waals surface area (Å²) in [5.41, 5.74) is 4.32. The van der Waals surface area contributed by atoms with Crippen molar-refractivity contribution in [3.05, 3.63) is 64.7 Å².